The number of fused-ring (bicyclic) bond motifs is 1. The number of amides is 1. The van der Waals surface area contributed by atoms with Crippen molar-refractivity contribution in [2.24, 2.45) is 11.8 Å². The summed E-state index contributed by atoms with van der Waals surface area (Å²) in [6.07, 6.45) is 0. The van der Waals surface area contributed by atoms with Gasteiger partial charge in [-0.05, 0) is 37.3 Å². The van der Waals surface area contributed by atoms with Gasteiger partial charge in [0.05, 0.1) is 4.92 Å². The number of aryl methyl sites for hydroxylation is 1. The first-order valence-electron chi connectivity index (χ1n) is 7.25. The first-order valence-corrected chi connectivity index (χ1v) is 7.25. The Morgan fingerprint density at radius 1 is 1.43 bits per heavy atom. The van der Waals surface area contributed by atoms with Crippen LogP contribution >= 0.6 is 0 Å². The van der Waals surface area contributed by atoms with Crippen molar-refractivity contribution in [3.63, 3.8) is 0 Å². The standard InChI is InChI=1S/C15H19N3O3/c1-9-5-12(18(20)21)3-4-13(9)15(19)17-8-11-6-16-7-14(11)10(17)2/h3-5,10-11,14,16H,6-8H2,1-2H3. The van der Waals surface area contributed by atoms with Crippen molar-refractivity contribution >= 4 is 11.6 Å². The molecule has 3 atom stereocenters. The lowest BCUT2D eigenvalue weighted by Gasteiger charge is -2.25. The Labute approximate surface area is 123 Å². The number of benzene rings is 1. The average Bonchev–Trinajstić information content (AvgIpc) is 3.01. The molecule has 3 rings (SSSR count). The molecule has 2 heterocycles. The monoisotopic (exact) mass is 289 g/mol. The Morgan fingerprint density at radius 3 is 2.81 bits per heavy atom. The zero-order valence-corrected chi connectivity index (χ0v) is 12.2. The van der Waals surface area contributed by atoms with Crippen LogP contribution in [0.5, 0.6) is 0 Å². The second-order valence-electron chi connectivity index (χ2n) is 6.04. The van der Waals surface area contributed by atoms with Crippen LogP contribution in [0.1, 0.15) is 22.8 Å². The number of non-ortho nitro benzene ring substituents is 1. The maximum Gasteiger partial charge on any atom is 0.269 e. The molecule has 0 radical (unpaired) electrons. The number of nitro groups is 1. The lowest BCUT2D eigenvalue weighted by Crippen LogP contribution is -2.38. The Bertz CT molecular complexity index is 602. The number of carbonyl (C=O) groups is 1. The molecule has 2 saturated heterocycles. The maximum atomic E-state index is 12.7. The lowest BCUT2D eigenvalue weighted by molar-refractivity contribution is -0.384. The van der Waals surface area contributed by atoms with Gasteiger partial charge < -0.3 is 10.2 Å². The van der Waals surface area contributed by atoms with Crippen LogP contribution in [0.3, 0.4) is 0 Å². The van der Waals surface area contributed by atoms with Gasteiger partial charge in [-0.3, -0.25) is 14.9 Å². The van der Waals surface area contributed by atoms with Crippen molar-refractivity contribution < 1.29 is 9.72 Å². The number of nitrogens with one attached hydrogen (secondary N) is 1. The summed E-state index contributed by atoms with van der Waals surface area (Å²) >= 11 is 0. The highest BCUT2D eigenvalue weighted by molar-refractivity contribution is 5.96. The van der Waals surface area contributed by atoms with Crippen LogP contribution in [0, 0.1) is 28.9 Å². The molecule has 1 amide bonds. The summed E-state index contributed by atoms with van der Waals surface area (Å²) < 4.78 is 0. The van der Waals surface area contributed by atoms with Gasteiger partial charge in [-0.25, -0.2) is 0 Å². The largest absolute Gasteiger partial charge is 0.335 e. The summed E-state index contributed by atoms with van der Waals surface area (Å²) in [6.45, 7) is 6.56. The van der Waals surface area contributed by atoms with E-state index in [0.717, 1.165) is 19.6 Å². The van der Waals surface area contributed by atoms with Crippen LogP contribution in [0.25, 0.3) is 0 Å². The summed E-state index contributed by atoms with van der Waals surface area (Å²) in [4.78, 5) is 25.0. The number of hydrogen-bond acceptors (Lipinski definition) is 4. The van der Waals surface area contributed by atoms with E-state index in [9.17, 15) is 14.9 Å². The Morgan fingerprint density at radius 2 is 2.19 bits per heavy atom. The van der Waals surface area contributed by atoms with Gasteiger partial charge in [-0.15, -0.1) is 0 Å². The van der Waals surface area contributed by atoms with Crippen LogP contribution in [0.15, 0.2) is 18.2 Å². The molecule has 1 aromatic carbocycles. The van der Waals surface area contributed by atoms with Crippen LogP contribution in [-0.2, 0) is 0 Å². The molecule has 1 aromatic rings. The smallest absolute Gasteiger partial charge is 0.269 e. The number of hydrogen-bond donors (Lipinski definition) is 1. The van der Waals surface area contributed by atoms with Gasteiger partial charge in [0.25, 0.3) is 11.6 Å². The topological polar surface area (TPSA) is 75.5 Å². The molecule has 0 bridgehead atoms. The third-order valence-corrected chi connectivity index (χ3v) is 4.85. The number of nitrogens with zero attached hydrogens (tertiary/aromatic N) is 2. The first-order chi connectivity index (χ1) is 9.99. The molecule has 0 saturated carbocycles. The molecule has 0 aliphatic carbocycles. The minimum absolute atomic E-state index is 0.00991. The molecule has 112 valence electrons. The number of carbonyl (C=O) groups excluding carboxylic acids is 1. The van der Waals surface area contributed by atoms with E-state index in [1.807, 2.05) is 4.90 Å². The fourth-order valence-electron chi connectivity index (χ4n) is 3.59. The Hall–Kier alpha value is -1.95. The zero-order valence-electron chi connectivity index (χ0n) is 12.2. The second kappa shape index (κ2) is 5.11. The molecular weight excluding hydrogens is 270 g/mol. The van der Waals surface area contributed by atoms with Gasteiger partial charge in [-0.2, -0.15) is 0 Å². The van der Waals surface area contributed by atoms with Crippen molar-refractivity contribution in [2.75, 3.05) is 19.6 Å². The van der Waals surface area contributed by atoms with Gasteiger partial charge in [0.2, 0.25) is 0 Å². The zero-order chi connectivity index (χ0) is 15.1. The van der Waals surface area contributed by atoms with Gasteiger partial charge in [0.15, 0.2) is 0 Å². The molecule has 0 aromatic heterocycles. The molecule has 2 aliphatic rings. The normalized spacial score (nSPS) is 27.7. The van der Waals surface area contributed by atoms with E-state index in [0.29, 0.717) is 23.0 Å². The average molecular weight is 289 g/mol. The highest BCUT2D eigenvalue weighted by atomic mass is 16.6. The van der Waals surface area contributed by atoms with Crippen molar-refractivity contribution in [3.05, 3.63) is 39.4 Å². The van der Waals surface area contributed by atoms with Crippen LogP contribution in [0.4, 0.5) is 5.69 Å². The molecule has 3 unspecified atom stereocenters. The molecule has 1 N–H and O–H groups in total. The van der Waals surface area contributed by atoms with E-state index in [2.05, 4.69) is 12.2 Å². The fourth-order valence-corrected chi connectivity index (χ4v) is 3.59. The van der Waals surface area contributed by atoms with Crippen LogP contribution in [0.2, 0.25) is 0 Å². The molecule has 0 spiro atoms. The molecule has 2 fully saturated rings. The van der Waals surface area contributed by atoms with E-state index >= 15 is 0 Å². The van der Waals surface area contributed by atoms with Crippen molar-refractivity contribution in [1.82, 2.24) is 10.2 Å². The summed E-state index contributed by atoms with van der Waals surface area (Å²) in [7, 11) is 0. The van der Waals surface area contributed by atoms with E-state index in [-0.39, 0.29) is 17.6 Å². The third-order valence-electron chi connectivity index (χ3n) is 4.85. The van der Waals surface area contributed by atoms with Crippen LogP contribution in [-0.4, -0.2) is 41.4 Å². The number of nitro benzene ring substituents is 1. The SMILES string of the molecule is Cc1cc([N+](=O)[O-])ccc1C(=O)N1CC2CNCC2C1C. The van der Waals surface area contributed by atoms with E-state index in [4.69, 9.17) is 0 Å². The summed E-state index contributed by atoms with van der Waals surface area (Å²) in [6, 6.07) is 4.67. The maximum absolute atomic E-state index is 12.7. The predicted molar refractivity (Wildman–Crippen MR) is 78.2 cm³/mol. The van der Waals surface area contributed by atoms with Crippen molar-refractivity contribution in [3.8, 4) is 0 Å². The summed E-state index contributed by atoms with van der Waals surface area (Å²) in [5.74, 6) is 1.04. The fraction of sp³-hybridized carbons (Fsp3) is 0.533. The minimum Gasteiger partial charge on any atom is -0.335 e. The Balaban J connectivity index is 1.84. The van der Waals surface area contributed by atoms with E-state index in [1.165, 1.54) is 12.1 Å². The lowest BCUT2D eigenvalue weighted by atomic mass is 9.95. The van der Waals surface area contributed by atoms with Gasteiger partial charge in [-0.1, -0.05) is 0 Å². The second-order valence-corrected chi connectivity index (χ2v) is 6.04. The third kappa shape index (κ3) is 2.29. The quantitative estimate of drug-likeness (QED) is 0.662. The van der Waals surface area contributed by atoms with E-state index < -0.39 is 4.92 Å². The first kappa shape index (κ1) is 14.0. The van der Waals surface area contributed by atoms with Gasteiger partial charge in [0, 0.05) is 43.4 Å². The molecule has 6 nitrogen and oxygen atoms in total. The predicted octanol–water partition coefficient (Wildman–Crippen LogP) is 1.58. The highest BCUT2D eigenvalue weighted by Crippen LogP contribution is 2.33. The highest BCUT2D eigenvalue weighted by Gasteiger charge is 2.44. The molecular formula is C15H19N3O3. The van der Waals surface area contributed by atoms with Crippen molar-refractivity contribution in [2.45, 2.75) is 19.9 Å². The minimum atomic E-state index is -0.435. The van der Waals surface area contributed by atoms with Crippen molar-refractivity contribution in [1.29, 1.82) is 0 Å². The number of rotatable bonds is 2. The molecule has 21 heavy (non-hydrogen) atoms. The summed E-state index contributed by atoms with van der Waals surface area (Å²) in [5, 5.41) is 14.2. The van der Waals surface area contributed by atoms with Gasteiger partial charge >= 0.3 is 0 Å². The number of likely N-dealkylation sites (tertiary alicyclic amines) is 1. The summed E-state index contributed by atoms with van der Waals surface area (Å²) in [5.41, 5.74) is 1.26. The van der Waals surface area contributed by atoms with E-state index in [1.54, 1.807) is 13.0 Å². The molecule has 2 aliphatic heterocycles. The Kier molecular flexibility index (Phi) is 3.41. The van der Waals surface area contributed by atoms with Crippen LogP contribution < -0.4 is 5.32 Å². The molecule has 6 heteroatoms. The van der Waals surface area contributed by atoms with Gasteiger partial charge in [0.1, 0.15) is 0 Å².